The maximum absolute atomic E-state index is 11.8. The van der Waals surface area contributed by atoms with Crippen LogP contribution in [0.25, 0.3) is 0 Å². The summed E-state index contributed by atoms with van der Waals surface area (Å²) in [6.07, 6.45) is 0. The van der Waals surface area contributed by atoms with Crippen LogP contribution in [0.3, 0.4) is 0 Å². The van der Waals surface area contributed by atoms with Crippen molar-refractivity contribution >= 4 is 34.6 Å². The molecule has 0 saturated heterocycles. The number of hydrogen-bond acceptors (Lipinski definition) is 5. The summed E-state index contributed by atoms with van der Waals surface area (Å²) in [7, 11) is 0. The summed E-state index contributed by atoms with van der Waals surface area (Å²) in [6.45, 7) is 1.69. The summed E-state index contributed by atoms with van der Waals surface area (Å²) >= 11 is 5.76. The van der Waals surface area contributed by atoms with Crippen molar-refractivity contribution < 1.29 is 9.72 Å². The zero-order valence-electron chi connectivity index (χ0n) is 12.8. The van der Waals surface area contributed by atoms with E-state index in [1.807, 2.05) is 30.3 Å². The van der Waals surface area contributed by atoms with Gasteiger partial charge in [-0.25, -0.2) is 5.43 Å². The highest BCUT2D eigenvalue weighted by atomic mass is 35.5. The molecule has 0 radical (unpaired) electrons. The number of halogens is 1. The number of rotatable bonds is 6. The topological polar surface area (TPSA) is 96.6 Å². The molecule has 0 atom stereocenters. The van der Waals surface area contributed by atoms with E-state index in [2.05, 4.69) is 15.8 Å². The number of carbonyl (C=O) groups excluding carboxylic acids is 1. The number of nitrogens with zero attached hydrogens (tertiary/aromatic N) is 2. The minimum absolute atomic E-state index is 0.0487. The van der Waals surface area contributed by atoms with Gasteiger partial charge in [-0.2, -0.15) is 5.10 Å². The Balaban J connectivity index is 1.97. The van der Waals surface area contributed by atoms with Gasteiger partial charge in [-0.05, 0) is 25.1 Å². The van der Waals surface area contributed by atoms with Crippen LogP contribution in [0.5, 0.6) is 0 Å². The molecule has 0 unspecified atom stereocenters. The molecule has 2 rings (SSSR count). The first-order valence-electron chi connectivity index (χ1n) is 7.03. The second kappa shape index (κ2) is 8.07. The fourth-order valence-corrected chi connectivity index (χ4v) is 2.05. The summed E-state index contributed by atoms with van der Waals surface area (Å²) in [4.78, 5) is 22.1. The lowest BCUT2D eigenvalue weighted by atomic mass is 10.1. The third-order valence-electron chi connectivity index (χ3n) is 3.14. The predicted molar refractivity (Wildman–Crippen MR) is 93.4 cm³/mol. The first kappa shape index (κ1) is 17.4. The molecule has 124 valence electrons. The van der Waals surface area contributed by atoms with Gasteiger partial charge in [0, 0.05) is 17.3 Å². The second-order valence-corrected chi connectivity index (χ2v) is 5.28. The minimum Gasteiger partial charge on any atom is -0.376 e. The van der Waals surface area contributed by atoms with Crippen LogP contribution in [0.1, 0.15) is 12.5 Å². The van der Waals surface area contributed by atoms with Gasteiger partial charge in [0.25, 0.3) is 11.6 Å². The fourth-order valence-electron chi connectivity index (χ4n) is 1.87. The van der Waals surface area contributed by atoms with E-state index in [-0.39, 0.29) is 23.2 Å². The van der Waals surface area contributed by atoms with Crippen LogP contribution in [-0.4, -0.2) is 23.1 Å². The SMILES string of the molecule is C/C(=N\NC(=O)CNc1ccccc1)c1ccc(Cl)c([N+](=O)[O-])c1. The van der Waals surface area contributed by atoms with E-state index >= 15 is 0 Å². The van der Waals surface area contributed by atoms with Crippen LogP contribution < -0.4 is 10.7 Å². The Labute approximate surface area is 143 Å². The normalized spacial score (nSPS) is 11.0. The largest absolute Gasteiger partial charge is 0.376 e. The highest BCUT2D eigenvalue weighted by Gasteiger charge is 2.13. The van der Waals surface area contributed by atoms with Gasteiger partial charge in [0.05, 0.1) is 17.2 Å². The van der Waals surface area contributed by atoms with Gasteiger partial charge in [-0.3, -0.25) is 14.9 Å². The van der Waals surface area contributed by atoms with Crippen molar-refractivity contribution in [3.8, 4) is 0 Å². The molecule has 0 spiro atoms. The first-order chi connectivity index (χ1) is 11.5. The molecule has 2 aromatic carbocycles. The maximum Gasteiger partial charge on any atom is 0.288 e. The van der Waals surface area contributed by atoms with E-state index < -0.39 is 4.92 Å². The second-order valence-electron chi connectivity index (χ2n) is 4.88. The molecule has 0 heterocycles. The average molecular weight is 347 g/mol. The van der Waals surface area contributed by atoms with Gasteiger partial charge in [-0.1, -0.05) is 35.9 Å². The van der Waals surface area contributed by atoms with Crippen LogP contribution in [-0.2, 0) is 4.79 Å². The van der Waals surface area contributed by atoms with Crippen molar-refractivity contribution in [3.63, 3.8) is 0 Å². The van der Waals surface area contributed by atoms with Crippen molar-refractivity contribution in [2.75, 3.05) is 11.9 Å². The summed E-state index contributed by atoms with van der Waals surface area (Å²) in [5.41, 5.74) is 3.95. The number of hydrazone groups is 1. The third kappa shape index (κ3) is 4.79. The van der Waals surface area contributed by atoms with E-state index in [1.165, 1.54) is 12.1 Å². The zero-order chi connectivity index (χ0) is 17.5. The number of nitro benzene ring substituents is 1. The molecule has 1 amide bonds. The van der Waals surface area contributed by atoms with Crippen LogP contribution in [0.4, 0.5) is 11.4 Å². The lowest BCUT2D eigenvalue weighted by Gasteiger charge is -2.06. The first-order valence-corrected chi connectivity index (χ1v) is 7.41. The molecule has 0 aliphatic carbocycles. The summed E-state index contributed by atoms with van der Waals surface area (Å²) in [5.74, 6) is -0.332. The number of nitrogens with one attached hydrogen (secondary N) is 2. The molecule has 0 fully saturated rings. The molecule has 24 heavy (non-hydrogen) atoms. The van der Waals surface area contributed by atoms with E-state index in [4.69, 9.17) is 11.6 Å². The molecule has 2 aromatic rings. The van der Waals surface area contributed by atoms with Gasteiger partial charge in [0.2, 0.25) is 0 Å². The lowest BCUT2D eigenvalue weighted by molar-refractivity contribution is -0.384. The molecule has 7 nitrogen and oxygen atoms in total. The van der Waals surface area contributed by atoms with E-state index in [9.17, 15) is 14.9 Å². The van der Waals surface area contributed by atoms with Crippen molar-refractivity contribution in [1.82, 2.24) is 5.43 Å². The average Bonchev–Trinajstić information content (AvgIpc) is 2.59. The van der Waals surface area contributed by atoms with Crippen LogP contribution >= 0.6 is 11.6 Å². The number of carbonyl (C=O) groups is 1. The number of nitro groups is 1. The Kier molecular flexibility index (Phi) is 5.86. The molecule has 0 aliphatic heterocycles. The molecule has 8 heteroatoms. The smallest absolute Gasteiger partial charge is 0.288 e. The molecule has 0 aliphatic rings. The number of anilines is 1. The van der Waals surface area contributed by atoms with Gasteiger partial charge < -0.3 is 5.32 Å². The van der Waals surface area contributed by atoms with Gasteiger partial charge in [-0.15, -0.1) is 0 Å². The summed E-state index contributed by atoms with van der Waals surface area (Å²) < 4.78 is 0. The van der Waals surface area contributed by atoms with Gasteiger partial charge >= 0.3 is 0 Å². The lowest BCUT2D eigenvalue weighted by Crippen LogP contribution is -2.26. The van der Waals surface area contributed by atoms with Gasteiger partial charge in [0.1, 0.15) is 5.02 Å². The van der Waals surface area contributed by atoms with Crippen LogP contribution in [0.15, 0.2) is 53.6 Å². The Morgan fingerprint density at radius 3 is 2.62 bits per heavy atom. The molecule has 2 N–H and O–H groups in total. The number of amides is 1. The molecule has 0 saturated carbocycles. The Morgan fingerprint density at radius 2 is 1.96 bits per heavy atom. The number of para-hydroxylation sites is 1. The number of benzene rings is 2. The highest BCUT2D eigenvalue weighted by molar-refractivity contribution is 6.32. The quantitative estimate of drug-likeness (QED) is 0.477. The van der Waals surface area contributed by atoms with Gasteiger partial charge in [0.15, 0.2) is 0 Å². The van der Waals surface area contributed by atoms with E-state index in [1.54, 1.807) is 13.0 Å². The molecular weight excluding hydrogens is 332 g/mol. The van der Waals surface area contributed by atoms with Crippen molar-refractivity contribution in [1.29, 1.82) is 0 Å². The fraction of sp³-hybridized carbons (Fsp3) is 0.125. The van der Waals surface area contributed by atoms with Crippen molar-refractivity contribution in [2.45, 2.75) is 6.92 Å². The Hall–Kier alpha value is -2.93. The standard InChI is InChI=1S/C16H15ClN4O3/c1-11(12-7-8-14(17)15(9-12)21(23)24)19-20-16(22)10-18-13-5-3-2-4-6-13/h2-9,18H,10H2,1H3,(H,20,22)/b19-11+. The third-order valence-corrected chi connectivity index (χ3v) is 3.46. The zero-order valence-corrected chi connectivity index (χ0v) is 13.6. The Bertz CT molecular complexity index is 778. The Morgan fingerprint density at radius 1 is 1.25 bits per heavy atom. The van der Waals surface area contributed by atoms with Crippen molar-refractivity contribution in [3.05, 3.63) is 69.2 Å². The van der Waals surface area contributed by atoms with E-state index in [0.29, 0.717) is 11.3 Å². The molecule has 0 bridgehead atoms. The predicted octanol–water partition coefficient (Wildman–Crippen LogP) is 3.20. The summed E-state index contributed by atoms with van der Waals surface area (Å²) in [5, 5.41) is 17.8. The minimum atomic E-state index is -0.568. The van der Waals surface area contributed by atoms with Crippen LogP contribution in [0.2, 0.25) is 5.02 Å². The molecule has 0 aromatic heterocycles. The van der Waals surface area contributed by atoms with Crippen LogP contribution in [0, 0.1) is 10.1 Å². The maximum atomic E-state index is 11.8. The monoisotopic (exact) mass is 346 g/mol. The van der Waals surface area contributed by atoms with E-state index in [0.717, 1.165) is 5.69 Å². The molecular formula is C16H15ClN4O3. The highest BCUT2D eigenvalue weighted by Crippen LogP contribution is 2.25. The summed E-state index contributed by atoms with van der Waals surface area (Å²) in [6, 6.07) is 13.6. The van der Waals surface area contributed by atoms with Crippen molar-refractivity contribution in [2.24, 2.45) is 5.10 Å². The number of hydrogen-bond donors (Lipinski definition) is 2.